The summed E-state index contributed by atoms with van der Waals surface area (Å²) in [6.45, 7) is 5.42. The van der Waals surface area contributed by atoms with Gasteiger partial charge in [0.05, 0.1) is 6.61 Å². The summed E-state index contributed by atoms with van der Waals surface area (Å²) in [7, 11) is 0. The SMILES string of the molecule is CC(C)NCc1cc(-c2ccc3c(c2)CCO3)ccc1F. The molecule has 0 bridgehead atoms. The van der Waals surface area contributed by atoms with E-state index in [1.165, 1.54) is 5.56 Å². The summed E-state index contributed by atoms with van der Waals surface area (Å²) in [4.78, 5) is 0. The maximum Gasteiger partial charge on any atom is 0.127 e. The molecule has 2 aromatic rings. The van der Waals surface area contributed by atoms with E-state index in [4.69, 9.17) is 4.74 Å². The van der Waals surface area contributed by atoms with Crippen LogP contribution in [0.1, 0.15) is 25.0 Å². The van der Waals surface area contributed by atoms with E-state index < -0.39 is 0 Å². The number of fused-ring (bicyclic) bond motifs is 1. The molecule has 0 saturated carbocycles. The summed E-state index contributed by atoms with van der Waals surface area (Å²) in [6, 6.07) is 11.9. The van der Waals surface area contributed by atoms with E-state index in [0.29, 0.717) is 18.2 Å². The average Bonchev–Trinajstić information content (AvgIpc) is 2.93. The van der Waals surface area contributed by atoms with Crippen LogP contribution in [0.2, 0.25) is 0 Å². The quantitative estimate of drug-likeness (QED) is 0.919. The van der Waals surface area contributed by atoms with E-state index >= 15 is 0 Å². The molecule has 2 aromatic carbocycles. The predicted octanol–water partition coefficient (Wildman–Crippen LogP) is 3.93. The van der Waals surface area contributed by atoms with Gasteiger partial charge in [-0.15, -0.1) is 0 Å². The van der Waals surface area contributed by atoms with Crippen molar-refractivity contribution in [2.24, 2.45) is 0 Å². The van der Waals surface area contributed by atoms with Crippen LogP contribution in [-0.2, 0) is 13.0 Å². The monoisotopic (exact) mass is 285 g/mol. The normalized spacial score (nSPS) is 13.3. The molecule has 0 saturated heterocycles. The van der Waals surface area contributed by atoms with E-state index in [1.807, 2.05) is 24.3 Å². The van der Waals surface area contributed by atoms with E-state index in [0.717, 1.165) is 29.9 Å². The lowest BCUT2D eigenvalue weighted by Crippen LogP contribution is -2.22. The van der Waals surface area contributed by atoms with Gasteiger partial charge in [0.1, 0.15) is 11.6 Å². The molecule has 21 heavy (non-hydrogen) atoms. The highest BCUT2D eigenvalue weighted by atomic mass is 19.1. The zero-order valence-electron chi connectivity index (χ0n) is 12.4. The van der Waals surface area contributed by atoms with Crippen molar-refractivity contribution >= 4 is 0 Å². The lowest BCUT2D eigenvalue weighted by atomic mass is 10.00. The van der Waals surface area contributed by atoms with Crippen molar-refractivity contribution in [2.45, 2.75) is 32.9 Å². The highest BCUT2D eigenvalue weighted by Crippen LogP contribution is 2.31. The Kier molecular flexibility index (Phi) is 3.93. The van der Waals surface area contributed by atoms with E-state index in [-0.39, 0.29) is 5.82 Å². The Balaban J connectivity index is 1.90. The maximum absolute atomic E-state index is 13.9. The summed E-state index contributed by atoms with van der Waals surface area (Å²) >= 11 is 0. The smallest absolute Gasteiger partial charge is 0.127 e. The fourth-order valence-corrected chi connectivity index (χ4v) is 2.57. The Hall–Kier alpha value is -1.87. The van der Waals surface area contributed by atoms with Gasteiger partial charge >= 0.3 is 0 Å². The molecule has 0 spiro atoms. The van der Waals surface area contributed by atoms with Gasteiger partial charge in [-0.25, -0.2) is 4.39 Å². The van der Waals surface area contributed by atoms with Crippen LogP contribution in [0.15, 0.2) is 36.4 Å². The van der Waals surface area contributed by atoms with Crippen molar-refractivity contribution in [1.82, 2.24) is 5.32 Å². The first-order valence-electron chi connectivity index (χ1n) is 7.41. The zero-order chi connectivity index (χ0) is 14.8. The van der Waals surface area contributed by atoms with Crippen LogP contribution in [0, 0.1) is 5.82 Å². The van der Waals surface area contributed by atoms with Gasteiger partial charge < -0.3 is 10.1 Å². The number of rotatable bonds is 4. The van der Waals surface area contributed by atoms with Crippen LogP contribution in [0.25, 0.3) is 11.1 Å². The minimum Gasteiger partial charge on any atom is -0.493 e. The Bertz CT molecular complexity index is 652. The van der Waals surface area contributed by atoms with Crippen LogP contribution in [0.5, 0.6) is 5.75 Å². The first-order chi connectivity index (χ1) is 10.1. The van der Waals surface area contributed by atoms with Crippen LogP contribution in [0.3, 0.4) is 0 Å². The van der Waals surface area contributed by atoms with Crippen molar-refractivity contribution in [3.63, 3.8) is 0 Å². The van der Waals surface area contributed by atoms with Crippen LogP contribution in [-0.4, -0.2) is 12.6 Å². The van der Waals surface area contributed by atoms with Gasteiger partial charge in [0.15, 0.2) is 0 Å². The lowest BCUT2D eigenvalue weighted by molar-refractivity contribution is 0.357. The number of halogens is 1. The summed E-state index contributed by atoms with van der Waals surface area (Å²) in [5.41, 5.74) is 4.10. The molecule has 1 aliphatic rings. The topological polar surface area (TPSA) is 21.3 Å². The number of hydrogen-bond donors (Lipinski definition) is 1. The molecule has 0 radical (unpaired) electrons. The molecule has 3 rings (SSSR count). The highest BCUT2D eigenvalue weighted by Gasteiger charge is 2.13. The molecule has 110 valence electrons. The molecule has 1 aliphatic heterocycles. The van der Waals surface area contributed by atoms with Crippen molar-refractivity contribution in [2.75, 3.05) is 6.61 Å². The molecular weight excluding hydrogens is 265 g/mol. The average molecular weight is 285 g/mol. The zero-order valence-corrected chi connectivity index (χ0v) is 12.4. The minimum absolute atomic E-state index is 0.156. The summed E-state index contributed by atoms with van der Waals surface area (Å²) in [5, 5.41) is 3.26. The molecule has 0 amide bonds. The molecule has 0 aliphatic carbocycles. The second-order valence-corrected chi connectivity index (χ2v) is 5.76. The van der Waals surface area contributed by atoms with Gasteiger partial charge in [0.25, 0.3) is 0 Å². The van der Waals surface area contributed by atoms with Crippen molar-refractivity contribution in [3.05, 3.63) is 53.3 Å². The Morgan fingerprint density at radius 1 is 1.14 bits per heavy atom. The van der Waals surface area contributed by atoms with Gasteiger partial charge in [-0.3, -0.25) is 0 Å². The van der Waals surface area contributed by atoms with Crippen LogP contribution in [0.4, 0.5) is 4.39 Å². The number of nitrogens with one attached hydrogen (secondary N) is 1. The Morgan fingerprint density at radius 2 is 1.90 bits per heavy atom. The van der Waals surface area contributed by atoms with Gasteiger partial charge in [-0.1, -0.05) is 26.0 Å². The summed E-state index contributed by atoms with van der Waals surface area (Å²) in [6.07, 6.45) is 0.951. The number of hydrogen-bond acceptors (Lipinski definition) is 2. The van der Waals surface area contributed by atoms with Gasteiger partial charge in [-0.2, -0.15) is 0 Å². The fraction of sp³-hybridized carbons (Fsp3) is 0.333. The van der Waals surface area contributed by atoms with Crippen molar-refractivity contribution in [1.29, 1.82) is 0 Å². The van der Waals surface area contributed by atoms with E-state index in [2.05, 4.69) is 25.2 Å². The first kappa shape index (κ1) is 14.1. The second kappa shape index (κ2) is 5.86. The summed E-state index contributed by atoms with van der Waals surface area (Å²) < 4.78 is 19.4. The lowest BCUT2D eigenvalue weighted by Gasteiger charge is -2.11. The van der Waals surface area contributed by atoms with Crippen molar-refractivity contribution in [3.8, 4) is 16.9 Å². The number of benzene rings is 2. The van der Waals surface area contributed by atoms with Gasteiger partial charge in [0.2, 0.25) is 0 Å². The molecule has 3 heteroatoms. The predicted molar refractivity (Wildman–Crippen MR) is 83.0 cm³/mol. The third-order valence-corrected chi connectivity index (χ3v) is 3.77. The Labute approximate surface area is 125 Å². The minimum atomic E-state index is -0.156. The third-order valence-electron chi connectivity index (χ3n) is 3.77. The van der Waals surface area contributed by atoms with E-state index in [9.17, 15) is 4.39 Å². The van der Waals surface area contributed by atoms with Crippen LogP contribution < -0.4 is 10.1 Å². The molecule has 0 aromatic heterocycles. The Morgan fingerprint density at radius 3 is 2.71 bits per heavy atom. The molecular formula is C18H20FNO. The highest BCUT2D eigenvalue weighted by molar-refractivity contribution is 5.67. The van der Waals surface area contributed by atoms with Gasteiger partial charge in [0, 0.05) is 24.6 Å². The largest absolute Gasteiger partial charge is 0.493 e. The van der Waals surface area contributed by atoms with Crippen molar-refractivity contribution < 1.29 is 9.13 Å². The molecule has 2 nitrogen and oxygen atoms in total. The molecule has 1 heterocycles. The third kappa shape index (κ3) is 3.08. The standard InChI is InChI=1S/C18H20FNO/c1-12(2)20-11-16-10-13(3-5-17(16)19)14-4-6-18-15(9-14)7-8-21-18/h3-6,9-10,12,20H,7-8,11H2,1-2H3. The van der Waals surface area contributed by atoms with E-state index in [1.54, 1.807) is 6.07 Å². The maximum atomic E-state index is 13.9. The summed E-state index contributed by atoms with van der Waals surface area (Å²) in [5.74, 6) is 0.818. The van der Waals surface area contributed by atoms with Crippen LogP contribution >= 0.6 is 0 Å². The van der Waals surface area contributed by atoms with Gasteiger partial charge in [-0.05, 0) is 41.0 Å². The number of ether oxygens (including phenoxy) is 1. The first-order valence-corrected chi connectivity index (χ1v) is 7.41. The molecule has 0 fully saturated rings. The molecule has 0 atom stereocenters. The molecule has 0 unspecified atom stereocenters. The molecule has 1 N–H and O–H groups in total. The second-order valence-electron chi connectivity index (χ2n) is 5.76. The fourth-order valence-electron chi connectivity index (χ4n) is 2.57.